The molecule has 0 aliphatic rings. The first-order valence-corrected chi connectivity index (χ1v) is 7.70. The molecule has 3 heteroatoms. The van der Waals surface area contributed by atoms with Crippen LogP contribution in [0.4, 0.5) is 0 Å². The summed E-state index contributed by atoms with van der Waals surface area (Å²) in [5.74, 6) is 0. The molecular weight excluding hydrogens is 258 g/mol. The highest BCUT2D eigenvalue weighted by Gasteiger charge is 2.18. The fourth-order valence-electron chi connectivity index (χ4n) is 2.61. The van der Waals surface area contributed by atoms with E-state index in [0.29, 0.717) is 0 Å². The lowest BCUT2D eigenvalue weighted by Gasteiger charge is -2.22. The van der Waals surface area contributed by atoms with Crippen molar-refractivity contribution < 1.29 is 0 Å². The molecule has 1 aromatic carbocycles. The van der Waals surface area contributed by atoms with Crippen LogP contribution >= 0.6 is 0 Å². The number of nitrogens with zero attached hydrogens (tertiary/aromatic N) is 2. The van der Waals surface area contributed by atoms with E-state index in [-0.39, 0.29) is 6.04 Å². The second kappa shape index (κ2) is 6.81. The Labute approximate surface area is 127 Å². The average Bonchev–Trinajstić information content (AvgIpc) is 2.48. The summed E-state index contributed by atoms with van der Waals surface area (Å²) in [7, 11) is 0. The lowest BCUT2D eigenvalue weighted by Crippen LogP contribution is -2.24. The van der Waals surface area contributed by atoms with E-state index in [1.54, 1.807) is 0 Å². The normalized spacial score (nSPS) is 12.4. The summed E-state index contributed by atoms with van der Waals surface area (Å²) < 4.78 is 0. The fraction of sp³-hybridized carbons (Fsp3) is 0.444. The van der Waals surface area contributed by atoms with Crippen LogP contribution in [0, 0.1) is 20.8 Å². The quantitative estimate of drug-likeness (QED) is 0.910. The van der Waals surface area contributed by atoms with Gasteiger partial charge in [0.25, 0.3) is 0 Å². The van der Waals surface area contributed by atoms with E-state index >= 15 is 0 Å². The van der Waals surface area contributed by atoms with Gasteiger partial charge in [0.2, 0.25) is 0 Å². The molecule has 0 amide bonds. The number of aromatic nitrogens is 2. The van der Waals surface area contributed by atoms with E-state index in [0.717, 1.165) is 24.4 Å². The molecular formula is C18H25N3. The first-order valence-electron chi connectivity index (χ1n) is 7.70. The largest absolute Gasteiger partial charge is 0.306 e. The highest BCUT2D eigenvalue weighted by molar-refractivity contribution is 5.38. The van der Waals surface area contributed by atoms with Gasteiger partial charge < -0.3 is 5.32 Å². The van der Waals surface area contributed by atoms with Crippen molar-refractivity contribution >= 4 is 0 Å². The molecule has 0 aliphatic carbocycles. The zero-order chi connectivity index (χ0) is 15.4. The molecule has 0 bridgehead atoms. The highest BCUT2D eigenvalue weighted by atomic mass is 15.1. The predicted octanol–water partition coefficient (Wildman–Crippen LogP) is 3.66. The lowest BCUT2D eigenvalue weighted by molar-refractivity contribution is 0.616. The van der Waals surface area contributed by atoms with Crippen molar-refractivity contribution in [2.45, 2.75) is 47.1 Å². The Morgan fingerprint density at radius 2 is 1.76 bits per heavy atom. The Bertz CT molecular complexity index is 620. The van der Waals surface area contributed by atoms with Gasteiger partial charge in [-0.25, -0.2) is 0 Å². The van der Waals surface area contributed by atoms with Crippen molar-refractivity contribution in [1.82, 2.24) is 15.5 Å². The topological polar surface area (TPSA) is 37.8 Å². The van der Waals surface area contributed by atoms with Crippen LogP contribution in [0.2, 0.25) is 0 Å². The number of hydrogen-bond acceptors (Lipinski definition) is 3. The lowest BCUT2D eigenvalue weighted by atomic mass is 9.94. The monoisotopic (exact) mass is 283 g/mol. The summed E-state index contributed by atoms with van der Waals surface area (Å²) in [6, 6.07) is 9.03. The van der Waals surface area contributed by atoms with Crippen molar-refractivity contribution in [1.29, 1.82) is 0 Å². The summed E-state index contributed by atoms with van der Waals surface area (Å²) in [5, 5.41) is 12.2. The first kappa shape index (κ1) is 15.6. The van der Waals surface area contributed by atoms with Crippen molar-refractivity contribution in [3.63, 3.8) is 0 Å². The third-order valence-corrected chi connectivity index (χ3v) is 3.94. The van der Waals surface area contributed by atoms with Crippen LogP contribution in [-0.4, -0.2) is 16.7 Å². The standard InChI is InChI=1S/C18H25N3/c1-6-17-16(11-14(5)20-21-17)18(19-7-2)15-9-8-12(3)13(4)10-15/h8-11,18-19H,6-7H2,1-5H3. The molecule has 0 spiro atoms. The molecule has 112 valence electrons. The average molecular weight is 283 g/mol. The van der Waals surface area contributed by atoms with Crippen LogP contribution in [0.25, 0.3) is 0 Å². The molecule has 0 fully saturated rings. The van der Waals surface area contributed by atoms with Gasteiger partial charge in [0.15, 0.2) is 0 Å². The summed E-state index contributed by atoms with van der Waals surface area (Å²) in [6.07, 6.45) is 0.898. The maximum Gasteiger partial charge on any atom is 0.0679 e. The number of rotatable bonds is 5. The van der Waals surface area contributed by atoms with E-state index in [4.69, 9.17) is 0 Å². The Morgan fingerprint density at radius 1 is 1.00 bits per heavy atom. The fourth-order valence-corrected chi connectivity index (χ4v) is 2.61. The third-order valence-electron chi connectivity index (χ3n) is 3.94. The Balaban J connectivity index is 2.52. The van der Waals surface area contributed by atoms with Gasteiger partial charge in [0.1, 0.15) is 0 Å². The molecule has 0 saturated carbocycles. The van der Waals surface area contributed by atoms with Crippen molar-refractivity contribution in [2.75, 3.05) is 6.54 Å². The van der Waals surface area contributed by atoms with Crippen molar-refractivity contribution in [2.24, 2.45) is 0 Å². The van der Waals surface area contributed by atoms with Gasteiger partial charge in [-0.15, -0.1) is 0 Å². The Hall–Kier alpha value is -1.74. The molecule has 0 saturated heterocycles. The van der Waals surface area contributed by atoms with Crippen LogP contribution in [0.15, 0.2) is 24.3 Å². The van der Waals surface area contributed by atoms with Gasteiger partial charge in [-0.3, -0.25) is 0 Å². The van der Waals surface area contributed by atoms with E-state index in [9.17, 15) is 0 Å². The SMILES string of the molecule is CCNC(c1ccc(C)c(C)c1)c1cc(C)nnc1CC. The second-order valence-electron chi connectivity index (χ2n) is 5.58. The minimum Gasteiger partial charge on any atom is -0.306 e. The molecule has 0 radical (unpaired) electrons. The van der Waals surface area contributed by atoms with Gasteiger partial charge in [0, 0.05) is 0 Å². The summed E-state index contributed by atoms with van der Waals surface area (Å²) in [6.45, 7) is 11.5. The van der Waals surface area contributed by atoms with Gasteiger partial charge in [0.05, 0.1) is 17.4 Å². The van der Waals surface area contributed by atoms with Crippen molar-refractivity contribution in [3.8, 4) is 0 Å². The minimum atomic E-state index is 0.179. The molecule has 1 unspecified atom stereocenters. The van der Waals surface area contributed by atoms with Crippen molar-refractivity contribution in [3.05, 3.63) is 57.9 Å². The number of nitrogens with one attached hydrogen (secondary N) is 1. The van der Waals surface area contributed by atoms with E-state index < -0.39 is 0 Å². The van der Waals surface area contributed by atoms with Gasteiger partial charge >= 0.3 is 0 Å². The number of benzene rings is 1. The number of hydrogen-bond donors (Lipinski definition) is 1. The third kappa shape index (κ3) is 3.48. The number of aryl methyl sites for hydroxylation is 4. The van der Waals surface area contributed by atoms with E-state index in [1.807, 2.05) is 6.92 Å². The van der Waals surface area contributed by atoms with Crippen LogP contribution < -0.4 is 5.32 Å². The Morgan fingerprint density at radius 3 is 2.38 bits per heavy atom. The molecule has 1 aromatic heterocycles. The van der Waals surface area contributed by atoms with Crippen LogP contribution in [0.5, 0.6) is 0 Å². The summed E-state index contributed by atoms with van der Waals surface area (Å²) in [5.41, 5.74) is 7.23. The molecule has 3 nitrogen and oxygen atoms in total. The van der Waals surface area contributed by atoms with Gasteiger partial charge in [-0.2, -0.15) is 10.2 Å². The predicted molar refractivity (Wildman–Crippen MR) is 87.6 cm³/mol. The minimum absolute atomic E-state index is 0.179. The van der Waals surface area contributed by atoms with Crippen LogP contribution in [0.1, 0.15) is 53.5 Å². The van der Waals surface area contributed by atoms with Gasteiger partial charge in [-0.05, 0) is 62.1 Å². The molecule has 1 atom stereocenters. The molecule has 0 aliphatic heterocycles. The zero-order valence-corrected chi connectivity index (χ0v) is 13.7. The maximum absolute atomic E-state index is 4.38. The van der Waals surface area contributed by atoms with Gasteiger partial charge in [-0.1, -0.05) is 32.0 Å². The maximum atomic E-state index is 4.38. The molecule has 2 rings (SSSR count). The molecule has 2 aromatic rings. The molecule has 1 heterocycles. The summed E-state index contributed by atoms with van der Waals surface area (Å²) in [4.78, 5) is 0. The highest BCUT2D eigenvalue weighted by Crippen LogP contribution is 2.26. The summed E-state index contributed by atoms with van der Waals surface area (Å²) >= 11 is 0. The molecule has 1 N–H and O–H groups in total. The second-order valence-corrected chi connectivity index (χ2v) is 5.58. The smallest absolute Gasteiger partial charge is 0.0679 e. The zero-order valence-electron chi connectivity index (χ0n) is 13.7. The van der Waals surface area contributed by atoms with Crippen LogP contribution in [0.3, 0.4) is 0 Å². The van der Waals surface area contributed by atoms with E-state index in [1.165, 1.54) is 22.3 Å². The van der Waals surface area contributed by atoms with E-state index in [2.05, 4.69) is 67.5 Å². The molecule has 21 heavy (non-hydrogen) atoms. The Kier molecular flexibility index (Phi) is 5.07. The first-order chi connectivity index (χ1) is 10.1. The van der Waals surface area contributed by atoms with Crippen LogP contribution in [-0.2, 0) is 6.42 Å².